The van der Waals surface area contributed by atoms with Crippen molar-refractivity contribution < 1.29 is 0 Å². The summed E-state index contributed by atoms with van der Waals surface area (Å²) in [4.78, 5) is 23.5. The molecule has 0 amide bonds. The van der Waals surface area contributed by atoms with Crippen LogP contribution in [0.25, 0.3) is 10.8 Å². The normalized spacial score (nSPS) is 12.3. The van der Waals surface area contributed by atoms with Gasteiger partial charge in [-0.05, 0) is 31.9 Å². The number of anilines is 1. The summed E-state index contributed by atoms with van der Waals surface area (Å²) in [5, 5.41) is 8.73. The summed E-state index contributed by atoms with van der Waals surface area (Å²) in [5.41, 5.74) is 0.0898. The Bertz CT molecular complexity index is 700. The lowest BCUT2D eigenvalue weighted by Gasteiger charge is -2.15. The van der Waals surface area contributed by atoms with Gasteiger partial charge >= 0.3 is 0 Å². The number of nitrogens with one attached hydrogen (secondary N) is 3. The molecule has 1 heterocycles. The third-order valence-electron chi connectivity index (χ3n) is 3.03. The monoisotopic (exact) mass is 259 g/mol. The maximum absolute atomic E-state index is 11.9. The topological polar surface area (TPSA) is 77.8 Å². The van der Waals surface area contributed by atoms with Crippen molar-refractivity contribution >= 4 is 16.5 Å². The van der Waals surface area contributed by atoms with Crippen molar-refractivity contribution in [3.8, 4) is 0 Å². The molecule has 1 aromatic heterocycles. The molecular formula is C14H17N3O2. The van der Waals surface area contributed by atoms with Crippen LogP contribution in [0.4, 0.5) is 5.69 Å². The number of hydrogen-bond acceptors (Lipinski definition) is 3. The molecule has 0 aliphatic rings. The van der Waals surface area contributed by atoms with Crippen LogP contribution in [-0.4, -0.2) is 16.2 Å². The first-order chi connectivity index (χ1) is 9.13. The van der Waals surface area contributed by atoms with Crippen LogP contribution in [0.3, 0.4) is 0 Å². The van der Waals surface area contributed by atoms with E-state index in [4.69, 9.17) is 0 Å². The van der Waals surface area contributed by atoms with E-state index >= 15 is 0 Å². The van der Waals surface area contributed by atoms with Gasteiger partial charge in [-0.15, -0.1) is 6.58 Å². The van der Waals surface area contributed by atoms with E-state index in [-0.39, 0.29) is 17.2 Å². The Balaban J connectivity index is 2.44. The molecule has 2 aromatic rings. The maximum Gasteiger partial charge on any atom is 0.272 e. The number of allylic oxidation sites excluding steroid dienone is 1. The second kappa shape index (κ2) is 5.56. The zero-order chi connectivity index (χ0) is 13.8. The van der Waals surface area contributed by atoms with E-state index in [1.807, 2.05) is 13.0 Å². The van der Waals surface area contributed by atoms with E-state index in [0.29, 0.717) is 16.5 Å². The van der Waals surface area contributed by atoms with Gasteiger partial charge in [0.1, 0.15) is 0 Å². The lowest BCUT2D eigenvalue weighted by Crippen LogP contribution is -2.22. The van der Waals surface area contributed by atoms with Gasteiger partial charge in [0, 0.05) is 11.7 Å². The van der Waals surface area contributed by atoms with E-state index in [0.717, 1.165) is 12.8 Å². The smallest absolute Gasteiger partial charge is 0.272 e. The van der Waals surface area contributed by atoms with Gasteiger partial charge in [0.15, 0.2) is 0 Å². The molecule has 0 bridgehead atoms. The van der Waals surface area contributed by atoms with E-state index in [1.54, 1.807) is 18.2 Å². The van der Waals surface area contributed by atoms with Gasteiger partial charge < -0.3 is 5.32 Å². The zero-order valence-corrected chi connectivity index (χ0v) is 10.8. The summed E-state index contributed by atoms with van der Waals surface area (Å²) in [7, 11) is 0. The van der Waals surface area contributed by atoms with E-state index in [1.165, 1.54) is 0 Å². The Kier molecular flexibility index (Phi) is 3.85. The molecule has 0 aliphatic carbocycles. The summed E-state index contributed by atoms with van der Waals surface area (Å²) in [6.45, 7) is 5.72. The van der Waals surface area contributed by atoms with Crippen molar-refractivity contribution in [2.75, 3.05) is 5.32 Å². The second-order valence-electron chi connectivity index (χ2n) is 4.55. The van der Waals surface area contributed by atoms with Crippen LogP contribution in [0, 0.1) is 0 Å². The number of aromatic nitrogens is 2. The fourth-order valence-electron chi connectivity index (χ4n) is 2.06. The highest BCUT2D eigenvalue weighted by molar-refractivity contribution is 5.92. The minimum atomic E-state index is -0.298. The summed E-state index contributed by atoms with van der Waals surface area (Å²) >= 11 is 0. The van der Waals surface area contributed by atoms with Crippen LogP contribution in [0.15, 0.2) is 40.4 Å². The molecule has 0 radical (unpaired) electrons. The Hall–Kier alpha value is -2.30. The average molecular weight is 259 g/mol. The highest BCUT2D eigenvalue weighted by Gasteiger charge is 2.09. The number of benzene rings is 1. The molecule has 1 atom stereocenters. The quantitative estimate of drug-likeness (QED) is 0.718. The van der Waals surface area contributed by atoms with Crippen LogP contribution >= 0.6 is 0 Å². The molecule has 0 aliphatic heterocycles. The van der Waals surface area contributed by atoms with Gasteiger partial charge in [-0.3, -0.25) is 19.8 Å². The summed E-state index contributed by atoms with van der Waals surface area (Å²) in [6.07, 6.45) is 3.68. The molecule has 3 N–H and O–H groups in total. The Morgan fingerprint density at radius 1 is 1.32 bits per heavy atom. The molecule has 19 heavy (non-hydrogen) atoms. The van der Waals surface area contributed by atoms with Crippen LogP contribution in [0.2, 0.25) is 0 Å². The third-order valence-corrected chi connectivity index (χ3v) is 3.03. The molecular weight excluding hydrogens is 242 g/mol. The van der Waals surface area contributed by atoms with Crippen molar-refractivity contribution in [2.24, 2.45) is 0 Å². The van der Waals surface area contributed by atoms with Crippen molar-refractivity contribution in [3.05, 3.63) is 51.6 Å². The molecule has 0 saturated heterocycles. The average Bonchev–Trinajstić information content (AvgIpc) is 2.41. The fraction of sp³-hybridized carbons (Fsp3) is 0.286. The van der Waals surface area contributed by atoms with Gasteiger partial charge in [-0.25, -0.2) is 0 Å². The first kappa shape index (κ1) is 13.1. The summed E-state index contributed by atoms with van der Waals surface area (Å²) in [6, 6.07) is 5.41. The Labute approximate surface area is 110 Å². The predicted molar refractivity (Wildman–Crippen MR) is 77.7 cm³/mol. The number of fused-ring (bicyclic) bond motifs is 1. The fourth-order valence-corrected chi connectivity index (χ4v) is 2.06. The van der Waals surface area contributed by atoms with Crippen LogP contribution < -0.4 is 16.4 Å². The molecule has 0 saturated carbocycles. The van der Waals surface area contributed by atoms with Crippen LogP contribution in [-0.2, 0) is 0 Å². The molecule has 5 heteroatoms. The lowest BCUT2D eigenvalue weighted by atomic mass is 10.1. The predicted octanol–water partition coefficient (Wildman–Crippen LogP) is 1.98. The number of aromatic amines is 2. The molecule has 0 spiro atoms. The molecule has 2 rings (SSSR count). The van der Waals surface area contributed by atoms with Gasteiger partial charge in [-0.2, -0.15) is 0 Å². The van der Waals surface area contributed by atoms with Crippen molar-refractivity contribution in [1.82, 2.24) is 10.2 Å². The van der Waals surface area contributed by atoms with E-state index < -0.39 is 0 Å². The molecule has 1 unspecified atom stereocenters. The number of hydrogen-bond donors (Lipinski definition) is 3. The van der Waals surface area contributed by atoms with E-state index in [9.17, 15) is 9.59 Å². The highest BCUT2D eigenvalue weighted by atomic mass is 16.1. The van der Waals surface area contributed by atoms with Gasteiger partial charge in [0.2, 0.25) is 0 Å². The molecule has 1 aromatic carbocycles. The Morgan fingerprint density at radius 3 is 2.79 bits per heavy atom. The third kappa shape index (κ3) is 2.76. The summed E-state index contributed by atoms with van der Waals surface area (Å²) < 4.78 is 0. The molecule has 5 nitrogen and oxygen atoms in total. The van der Waals surface area contributed by atoms with Crippen molar-refractivity contribution in [1.29, 1.82) is 0 Å². The van der Waals surface area contributed by atoms with Crippen LogP contribution in [0.1, 0.15) is 19.8 Å². The second-order valence-corrected chi connectivity index (χ2v) is 4.55. The standard InChI is InChI=1S/C14H17N3O2/c1-3-4-6-9(2)15-11-8-5-7-10-12(11)14(19)17-16-13(10)18/h3,5,7-9,15H,1,4,6H2,2H3,(H,16,18)(H,17,19). The Morgan fingerprint density at radius 2 is 2.05 bits per heavy atom. The lowest BCUT2D eigenvalue weighted by molar-refractivity contribution is 0.720. The highest BCUT2D eigenvalue weighted by Crippen LogP contribution is 2.18. The van der Waals surface area contributed by atoms with Gasteiger partial charge in [0.05, 0.1) is 10.8 Å². The number of rotatable bonds is 5. The molecule has 0 fully saturated rings. The van der Waals surface area contributed by atoms with Crippen molar-refractivity contribution in [3.63, 3.8) is 0 Å². The minimum absolute atomic E-state index is 0.197. The van der Waals surface area contributed by atoms with Gasteiger partial charge in [0.25, 0.3) is 11.1 Å². The minimum Gasteiger partial charge on any atom is -0.382 e. The maximum atomic E-state index is 11.9. The van der Waals surface area contributed by atoms with E-state index in [2.05, 4.69) is 22.1 Å². The molecule has 100 valence electrons. The first-order valence-electron chi connectivity index (χ1n) is 6.24. The van der Waals surface area contributed by atoms with Gasteiger partial charge in [-0.1, -0.05) is 12.1 Å². The SMILES string of the molecule is C=CCCC(C)Nc1cccc2c(=O)[nH][nH]c(=O)c12. The van der Waals surface area contributed by atoms with Crippen LogP contribution in [0.5, 0.6) is 0 Å². The zero-order valence-electron chi connectivity index (χ0n) is 10.8. The first-order valence-corrected chi connectivity index (χ1v) is 6.24. The number of H-pyrrole nitrogens is 2. The largest absolute Gasteiger partial charge is 0.382 e. The summed E-state index contributed by atoms with van der Waals surface area (Å²) in [5.74, 6) is 0. The van der Waals surface area contributed by atoms with Crippen molar-refractivity contribution in [2.45, 2.75) is 25.8 Å².